The Morgan fingerprint density at radius 2 is 2.25 bits per heavy atom. The highest BCUT2D eigenvalue weighted by Gasteiger charge is 2.39. The zero-order chi connectivity index (χ0) is 14.3. The Labute approximate surface area is 117 Å². The summed E-state index contributed by atoms with van der Waals surface area (Å²) >= 11 is 0. The molecule has 1 unspecified atom stereocenters. The first-order valence-corrected chi connectivity index (χ1v) is 7.89. The molecule has 1 fully saturated rings. The van der Waals surface area contributed by atoms with Crippen LogP contribution in [-0.4, -0.2) is 34.4 Å². The molecule has 0 saturated carbocycles. The molecule has 0 amide bonds. The van der Waals surface area contributed by atoms with E-state index in [9.17, 15) is 8.42 Å². The minimum absolute atomic E-state index is 0.123. The number of nitrogens with zero attached hydrogens (tertiary/aromatic N) is 3. The van der Waals surface area contributed by atoms with Crippen LogP contribution in [-0.2, 0) is 10.0 Å². The molecule has 0 bridgehead atoms. The Morgan fingerprint density at radius 3 is 2.85 bits per heavy atom. The molecule has 108 valence electrons. The van der Waals surface area contributed by atoms with E-state index in [4.69, 9.17) is 4.52 Å². The third-order valence-electron chi connectivity index (χ3n) is 3.44. The average Bonchev–Trinajstić information content (AvgIpc) is 3.07. The molecule has 1 aliphatic rings. The molecule has 0 aliphatic carbocycles. The maximum absolute atomic E-state index is 12.6. The number of sulfonamides is 1. The van der Waals surface area contributed by atoms with Crippen LogP contribution < -0.4 is 0 Å². The van der Waals surface area contributed by atoms with E-state index < -0.39 is 10.0 Å². The van der Waals surface area contributed by atoms with Crippen LogP contribution in [0.2, 0.25) is 0 Å². The summed E-state index contributed by atoms with van der Waals surface area (Å²) < 4.78 is 32.0. The molecule has 0 radical (unpaired) electrons. The summed E-state index contributed by atoms with van der Waals surface area (Å²) in [4.78, 5) is 6.74. The van der Waals surface area contributed by atoms with Crippen molar-refractivity contribution in [3.8, 4) is 0 Å². The summed E-state index contributed by atoms with van der Waals surface area (Å²) in [6, 6.07) is 1.50. The highest BCUT2D eigenvalue weighted by Crippen LogP contribution is 2.36. The quantitative estimate of drug-likeness (QED) is 0.927. The minimum Gasteiger partial charge on any atom is -0.359 e. The Morgan fingerprint density at radius 1 is 1.45 bits per heavy atom. The third-order valence-corrected chi connectivity index (χ3v) is 5.26. The van der Waals surface area contributed by atoms with Crippen molar-refractivity contribution >= 4 is 10.0 Å². The summed E-state index contributed by atoms with van der Waals surface area (Å²) in [7, 11) is -3.58. The molecule has 20 heavy (non-hydrogen) atoms. The van der Waals surface area contributed by atoms with Gasteiger partial charge in [-0.3, -0.25) is 0 Å². The van der Waals surface area contributed by atoms with Crippen molar-refractivity contribution in [1.82, 2.24) is 19.4 Å². The third kappa shape index (κ3) is 2.14. The number of hydrogen-bond acceptors (Lipinski definition) is 5. The number of aromatic nitrogens is 3. The van der Waals surface area contributed by atoms with E-state index in [0.717, 1.165) is 18.5 Å². The Kier molecular flexibility index (Phi) is 3.14. The van der Waals surface area contributed by atoms with Gasteiger partial charge in [0.2, 0.25) is 0 Å². The van der Waals surface area contributed by atoms with Crippen LogP contribution in [0.3, 0.4) is 0 Å². The van der Waals surface area contributed by atoms with E-state index >= 15 is 0 Å². The van der Waals surface area contributed by atoms with Gasteiger partial charge in [0.1, 0.15) is 5.82 Å². The molecule has 3 rings (SSSR count). The predicted octanol–water partition coefficient (Wildman–Crippen LogP) is 1.54. The van der Waals surface area contributed by atoms with E-state index in [-0.39, 0.29) is 11.1 Å². The molecular formula is C12H16N4O3S. The van der Waals surface area contributed by atoms with E-state index in [1.807, 2.05) is 6.92 Å². The van der Waals surface area contributed by atoms with Gasteiger partial charge in [-0.2, -0.15) is 4.31 Å². The first-order valence-electron chi connectivity index (χ1n) is 6.45. The predicted molar refractivity (Wildman–Crippen MR) is 70.4 cm³/mol. The number of aryl methyl sites for hydroxylation is 2. The van der Waals surface area contributed by atoms with Crippen LogP contribution in [0.25, 0.3) is 0 Å². The van der Waals surface area contributed by atoms with Crippen LogP contribution in [0.4, 0.5) is 0 Å². The molecule has 0 aromatic carbocycles. The average molecular weight is 296 g/mol. The van der Waals surface area contributed by atoms with Crippen LogP contribution in [0.1, 0.15) is 36.2 Å². The standard InChI is InChI=1S/C12H16N4O3S/c1-8-6-11(19-15-8)10-4-3-5-16(10)20(17,18)12-7-13-9(2)14-12/h6-7,10H,3-5H2,1-2H3,(H,13,14). The van der Waals surface area contributed by atoms with Crippen molar-refractivity contribution in [1.29, 1.82) is 0 Å². The first-order chi connectivity index (χ1) is 9.48. The highest BCUT2D eigenvalue weighted by atomic mass is 32.2. The fourth-order valence-corrected chi connectivity index (χ4v) is 4.14. The van der Waals surface area contributed by atoms with Crippen LogP contribution >= 0.6 is 0 Å². The van der Waals surface area contributed by atoms with Crippen LogP contribution in [0.5, 0.6) is 0 Å². The van der Waals surface area contributed by atoms with Gasteiger partial charge >= 0.3 is 0 Å². The molecule has 7 nitrogen and oxygen atoms in total. The Bertz CT molecular complexity index is 719. The number of aromatic amines is 1. The lowest BCUT2D eigenvalue weighted by atomic mass is 10.2. The maximum atomic E-state index is 12.6. The molecule has 1 saturated heterocycles. The van der Waals surface area contributed by atoms with Crippen molar-refractivity contribution in [3.63, 3.8) is 0 Å². The van der Waals surface area contributed by atoms with Gasteiger partial charge in [0, 0.05) is 12.6 Å². The fourth-order valence-electron chi connectivity index (χ4n) is 2.51. The first kappa shape index (κ1) is 13.3. The highest BCUT2D eigenvalue weighted by molar-refractivity contribution is 7.89. The summed E-state index contributed by atoms with van der Waals surface area (Å²) in [5.74, 6) is 1.18. The second-order valence-electron chi connectivity index (χ2n) is 4.98. The van der Waals surface area contributed by atoms with Gasteiger partial charge < -0.3 is 9.51 Å². The van der Waals surface area contributed by atoms with E-state index in [0.29, 0.717) is 18.1 Å². The number of H-pyrrole nitrogens is 1. The monoisotopic (exact) mass is 296 g/mol. The fraction of sp³-hybridized carbons (Fsp3) is 0.500. The van der Waals surface area contributed by atoms with Gasteiger partial charge in [-0.15, -0.1) is 0 Å². The lowest BCUT2D eigenvalue weighted by Gasteiger charge is -2.20. The van der Waals surface area contributed by atoms with E-state index in [2.05, 4.69) is 15.1 Å². The smallest absolute Gasteiger partial charge is 0.260 e. The summed E-state index contributed by atoms with van der Waals surface area (Å²) in [6.45, 7) is 4.02. The largest absolute Gasteiger partial charge is 0.359 e. The second kappa shape index (κ2) is 4.71. The molecule has 1 N–H and O–H groups in total. The summed E-state index contributed by atoms with van der Waals surface area (Å²) in [6.07, 6.45) is 2.89. The molecule has 2 aromatic rings. The normalized spacial score (nSPS) is 20.6. The Hall–Kier alpha value is -1.67. The number of imidazole rings is 1. The van der Waals surface area contributed by atoms with Crippen molar-refractivity contribution < 1.29 is 12.9 Å². The van der Waals surface area contributed by atoms with Gasteiger partial charge in [-0.25, -0.2) is 13.4 Å². The number of nitrogens with one attached hydrogen (secondary N) is 1. The summed E-state index contributed by atoms with van der Waals surface area (Å²) in [5.41, 5.74) is 0.752. The van der Waals surface area contributed by atoms with E-state index in [1.54, 1.807) is 13.0 Å². The van der Waals surface area contributed by atoms with E-state index in [1.165, 1.54) is 10.5 Å². The molecule has 0 spiro atoms. The van der Waals surface area contributed by atoms with Gasteiger partial charge in [0.05, 0.1) is 17.9 Å². The van der Waals surface area contributed by atoms with Gasteiger partial charge in [0.15, 0.2) is 10.8 Å². The van der Waals surface area contributed by atoms with Crippen molar-refractivity contribution in [3.05, 3.63) is 29.5 Å². The topological polar surface area (TPSA) is 92.1 Å². The van der Waals surface area contributed by atoms with Gasteiger partial charge in [-0.1, -0.05) is 5.16 Å². The minimum atomic E-state index is -3.58. The van der Waals surface area contributed by atoms with Crippen LogP contribution in [0.15, 0.2) is 21.8 Å². The van der Waals surface area contributed by atoms with Crippen molar-refractivity contribution in [2.75, 3.05) is 6.54 Å². The molecule has 1 aliphatic heterocycles. The van der Waals surface area contributed by atoms with Gasteiger partial charge in [0.25, 0.3) is 10.0 Å². The molecule has 1 atom stereocenters. The molecule has 2 aromatic heterocycles. The number of hydrogen-bond donors (Lipinski definition) is 1. The Balaban J connectivity index is 1.96. The lowest BCUT2D eigenvalue weighted by Crippen LogP contribution is -2.30. The van der Waals surface area contributed by atoms with Gasteiger partial charge in [-0.05, 0) is 26.7 Å². The second-order valence-corrected chi connectivity index (χ2v) is 6.84. The van der Waals surface area contributed by atoms with Crippen molar-refractivity contribution in [2.24, 2.45) is 0 Å². The van der Waals surface area contributed by atoms with Crippen LogP contribution in [0, 0.1) is 13.8 Å². The lowest BCUT2D eigenvalue weighted by molar-refractivity contribution is 0.296. The molecular weight excluding hydrogens is 280 g/mol. The van der Waals surface area contributed by atoms with Crippen molar-refractivity contribution in [2.45, 2.75) is 37.8 Å². The maximum Gasteiger partial charge on any atom is 0.260 e. The molecule has 8 heteroatoms. The zero-order valence-electron chi connectivity index (χ0n) is 11.3. The zero-order valence-corrected chi connectivity index (χ0v) is 12.1. The molecule has 3 heterocycles. The number of rotatable bonds is 3. The SMILES string of the molecule is Cc1cc(C2CCCN2S(=O)(=O)c2cnc(C)[nH]2)on1. The summed E-state index contributed by atoms with van der Waals surface area (Å²) in [5, 5.41) is 3.96.